The Morgan fingerprint density at radius 2 is 1.30 bits per heavy atom. The average molecular weight is 417 g/mol. The Bertz CT molecular complexity index is 911. The summed E-state index contributed by atoms with van der Waals surface area (Å²) < 4.78 is 7.21. The van der Waals surface area contributed by atoms with Crippen molar-refractivity contribution in [1.29, 1.82) is 0 Å². The summed E-state index contributed by atoms with van der Waals surface area (Å²) in [5.74, 6) is 0.262. The zero-order chi connectivity index (χ0) is 21.2. The minimum absolute atomic E-state index is 0.0445. The zero-order valence-electron chi connectivity index (χ0n) is 18.2. The second-order valence-corrected chi connectivity index (χ2v) is 13.9. The Balaban J connectivity index is 1.80. The molecule has 156 valence electrons. The van der Waals surface area contributed by atoms with Crippen LogP contribution in [0.1, 0.15) is 32.8 Å². The van der Waals surface area contributed by atoms with Crippen LogP contribution >= 0.6 is 0 Å². The minimum atomic E-state index is -2.58. The maximum absolute atomic E-state index is 9.98. The predicted molar refractivity (Wildman–Crippen MR) is 127 cm³/mol. The van der Waals surface area contributed by atoms with E-state index in [1.165, 1.54) is 15.9 Å². The van der Waals surface area contributed by atoms with E-state index in [1.807, 2.05) is 0 Å². The van der Waals surface area contributed by atoms with Gasteiger partial charge in [-0.1, -0.05) is 112 Å². The third kappa shape index (κ3) is 3.56. The third-order valence-corrected chi connectivity index (χ3v) is 11.7. The van der Waals surface area contributed by atoms with E-state index in [0.29, 0.717) is 6.61 Å². The van der Waals surface area contributed by atoms with Crippen LogP contribution < -0.4 is 10.4 Å². The minimum Gasteiger partial charge on any atom is -0.406 e. The van der Waals surface area contributed by atoms with Crippen LogP contribution in [0.2, 0.25) is 5.04 Å². The number of aliphatic hydroxyl groups excluding tert-OH is 1. The number of aliphatic hydroxyl groups is 1. The van der Waals surface area contributed by atoms with Gasteiger partial charge in [0.15, 0.2) is 0 Å². The van der Waals surface area contributed by atoms with E-state index in [-0.39, 0.29) is 23.0 Å². The molecule has 0 amide bonds. The van der Waals surface area contributed by atoms with Crippen LogP contribution in [0.15, 0.2) is 91.0 Å². The molecule has 2 atom stereocenters. The van der Waals surface area contributed by atoms with E-state index in [4.69, 9.17) is 4.43 Å². The molecule has 0 aliphatic heterocycles. The van der Waals surface area contributed by atoms with Gasteiger partial charge in [-0.3, -0.25) is 0 Å². The molecule has 3 heteroatoms. The van der Waals surface area contributed by atoms with Crippen molar-refractivity contribution in [1.82, 2.24) is 0 Å². The summed E-state index contributed by atoms with van der Waals surface area (Å²) in [6.45, 7) is 7.77. The van der Waals surface area contributed by atoms with Crippen molar-refractivity contribution in [2.45, 2.75) is 37.6 Å². The van der Waals surface area contributed by atoms with Crippen LogP contribution in [0.4, 0.5) is 0 Å². The van der Waals surface area contributed by atoms with Crippen LogP contribution in [-0.4, -0.2) is 26.6 Å². The SMILES string of the molecule is CC(C)(C)[Si](OC[C@@]1(c2ccccc2)C[C@H]1CO)(c1ccccc1)c1ccccc1. The first-order valence-electron chi connectivity index (χ1n) is 10.9. The van der Waals surface area contributed by atoms with Crippen LogP contribution in [0.5, 0.6) is 0 Å². The summed E-state index contributed by atoms with van der Waals surface area (Å²) in [6.07, 6.45) is 0.978. The van der Waals surface area contributed by atoms with Gasteiger partial charge >= 0.3 is 0 Å². The normalized spacial score (nSPS) is 21.4. The van der Waals surface area contributed by atoms with Gasteiger partial charge in [0.2, 0.25) is 0 Å². The van der Waals surface area contributed by atoms with Gasteiger partial charge in [-0.05, 0) is 33.3 Å². The molecule has 1 aliphatic rings. The first-order valence-corrected chi connectivity index (χ1v) is 12.8. The lowest BCUT2D eigenvalue weighted by atomic mass is 9.94. The van der Waals surface area contributed by atoms with Crippen molar-refractivity contribution in [3.63, 3.8) is 0 Å². The van der Waals surface area contributed by atoms with Gasteiger partial charge in [0.05, 0.1) is 0 Å². The molecular formula is C27H32O2Si. The Morgan fingerprint density at radius 3 is 1.70 bits per heavy atom. The molecule has 1 N–H and O–H groups in total. The van der Waals surface area contributed by atoms with Gasteiger partial charge in [0, 0.05) is 18.6 Å². The monoisotopic (exact) mass is 416 g/mol. The van der Waals surface area contributed by atoms with Crippen molar-refractivity contribution in [2.24, 2.45) is 5.92 Å². The molecule has 1 aliphatic carbocycles. The number of hydrogen-bond donors (Lipinski definition) is 1. The predicted octanol–water partition coefficient (Wildman–Crippen LogP) is 4.51. The van der Waals surface area contributed by atoms with E-state index in [9.17, 15) is 5.11 Å². The fourth-order valence-electron chi connectivity index (χ4n) is 5.00. The van der Waals surface area contributed by atoms with Gasteiger partial charge in [-0.15, -0.1) is 0 Å². The van der Waals surface area contributed by atoms with Crippen molar-refractivity contribution < 1.29 is 9.53 Å². The molecule has 4 rings (SSSR count). The summed E-state index contributed by atoms with van der Waals surface area (Å²) in [6, 6.07) is 32.2. The molecule has 0 bridgehead atoms. The van der Waals surface area contributed by atoms with Gasteiger partial charge < -0.3 is 9.53 Å². The van der Waals surface area contributed by atoms with E-state index in [1.54, 1.807) is 0 Å². The van der Waals surface area contributed by atoms with Crippen molar-refractivity contribution in [3.05, 3.63) is 96.6 Å². The molecular weight excluding hydrogens is 384 g/mol. The Morgan fingerprint density at radius 1 is 0.833 bits per heavy atom. The second kappa shape index (κ2) is 8.14. The van der Waals surface area contributed by atoms with E-state index in [0.717, 1.165) is 6.42 Å². The summed E-state index contributed by atoms with van der Waals surface area (Å²) >= 11 is 0. The first kappa shape index (κ1) is 21.0. The maximum atomic E-state index is 9.98. The molecule has 2 nitrogen and oxygen atoms in total. The highest BCUT2D eigenvalue weighted by atomic mass is 28.4. The van der Waals surface area contributed by atoms with E-state index in [2.05, 4.69) is 112 Å². The number of rotatable bonds is 7. The quantitative estimate of drug-likeness (QED) is 0.574. The summed E-state index contributed by atoms with van der Waals surface area (Å²) in [5, 5.41) is 12.5. The van der Waals surface area contributed by atoms with Crippen molar-refractivity contribution in [3.8, 4) is 0 Å². The highest BCUT2D eigenvalue weighted by molar-refractivity contribution is 6.99. The Kier molecular flexibility index (Phi) is 5.71. The Hall–Kier alpha value is -2.20. The van der Waals surface area contributed by atoms with Gasteiger partial charge in [0.1, 0.15) is 0 Å². The maximum Gasteiger partial charge on any atom is 0.261 e. The molecule has 30 heavy (non-hydrogen) atoms. The molecule has 0 spiro atoms. The largest absolute Gasteiger partial charge is 0.406 e. The lowest BCUT2D eigenvalue weighted by molar-refractivity contribution is 0.218. The molecule has 0 saturated heterocycles. The van der Waals surface area contributed by atoms with Gasteiger partial charge in [-0.2, -0.15) is 0 Å². The molecule has 0 unspecified atom stereocenters. The zero-order valence-corrected chi connectivity index (χ0v) is 19.2. The van der Waals surface area contributed by atoms with Crippen LogP contribution in [0.25, 0.3) is 0 Å². The number of benzene rings is 3. The third-order valence-electron chi connectivity index (χ3n) is 6.76. The van der Waals surface area contributed by atoms with Gasteiger partial charge in [0.25, 0.3) is 8.32 Å². The molecule has 3 aromatic rings. The van der Waals surface area contributed by atoms with E-state index < -0.39 is 8.32 Å². The van der Waals surface area contributed by atoms with E-state index >= 15 is 0 Å². The first-order chi connectivity index (χ1) is 14.4. The smallest absolute Gasteiger partial charge is 0.261 e. The fraction of sp³-hybridized carbons (Fsp3) is 0.333. The van der Waals surface area contributed by atoms with Crippen LogP contribution in [0, 0.1) is 5.92 Å². The molecule has 1 saturated carbocycles. The van der Waals surface area contributed by atoms with Crippen LogP contribution in [-0.2, 0) is 9.84 Å². The lowest BCUT2D eigenvalue weighted by Crippen LogP contribution is -2.67. The number of hydrogen-bond acceptors (Lipinski definition) is 2. The fourth-order valence-corrected chi connectivity index (χ4v) is 9.63. The highest BCUT2D eigenvalue weighted by Crippen LogP contribution is 2.55. The standard InChI is InChI=1S/C27H32O2Si/c1-26(2,3)30(24-15-9-5-10-16-24,25-17-11-6-12-18-25)29-21-27(19-23(27)20-28)22-13-7-4-8-14-22/h4-18,23,28H,19-21H2,1-3H3/t23-,27+/m0/s1. The summed E-state index contributed by atoms with van der Waals surface area (Å²) in [7, 11) is -2.58. The average Bonchev–Trinajstić information content (AvgIpc) is 3.50. The molecule has 0 aromatic heterocycles. The molecule has 0 heterocycles. The Labute approximate surface area is 181 Å². The second-order valence-electron chi connectivity index (χ2n) is 9.56. The van der Waals surface area contributed by atoms with Crippen molar-refractivity contribution in [2.75, 3.05) is 13.2 Å². The van der Waals surface area contributed by atoms with Crippen LogP contribution in [0.3, 0.4) is 0 Å². The van der Waals surface area contributed by atoms with Gasteiger partial charge in [-0.25, -0.2) is 0 Å². The topological polar surface area (TPSA) is 29.5 Å². The molecule has 0 radical (unpaired) electrons. The lowest BCUT2D eigenvalue weighted by Gasteiger charge is -2.44. The summed E-state index contributed by atoms with van der Waals surface area (Å²) in [5.41, 5.74) is 1.19. The summed E-state index contributed by atoms with van der Waals surface area (Å²) in [4.78, 5) is 0. The van der Waals surface area contributed by atoms with Crippen molar-refractivity contribution >= 4 is 18.7 Å². The highest BCUT2D eigenvalue weighted by Gasteiger charge is 2.58. The molecule has 3 aromatic carbocycles. The molecule has 1 fully saturated rings.